The molecule has 0 saturated heterocycles. The molecule has 0 aliphatic carbocycles. The highest BCUT2D eigenvalue weighted by Crippen LogP contribution is 2.30. The number of hydrogen-bond donors (Lipinski definition) is 1. The molecular weight excluding hydrogens is 274 g/mol. The topological polar surface area (TPSA) is 12.0 Å². The fraction of sp³-hybridized carbons (Fsp3) is 0.368. The molecule has 0 saturated carbocycles. The van der Waals surface area contributed by atoms with E-state index in [9.17, 15) is 0 Å². The third-order valence-corrected chi connectivity index (χ3v) is 4.49. The number of rotatable bonds is 7. The predicted molar refractivity (Wildman–Crippen MR) is 94.2 cm³/mol. The van der Waals surface area contributed by atoms with Crippen molar-refractivity contribution in [3.05, 3.63) is 65.2 Å². The second kappa shape index (κ2) is 8.26. The van der Waals surface area contributed by atoms with E-state index in [2.05, 4.69) is 74.0 Å². The molecule has 1 N–H and O–H groups in total. The molecule has 0 aliphatic heterocycles. The fourth-order valence-electron chi connectivity index (χ4n) is 2.73. The lowest BCUT2D eigenvalue weighted by Gasteiger charge is -2.22. The lowest BCUT2D eigenvalue weighted by Crippen LogP contribution is -2.22. The smallest absolute Gasteiger partial charge is 0.0587 e. The highest BCUT2D eigenvalue weighted by molar-refractivity contribution is 7.98. The van der Waals surface area contributed by atoms with Crippen molar-refractivity contribution >= 4 is 11.8 Å². The normalized spacial score (nSPS) is 12.3. The van der Waals surface area contributed by atoms with E-state index in [0.717, 1.165) is 13.0 Å². The number of hydrogen-bond acceptors (Lipinski definition) is 2. The lowest BCUT2D eigenvalue weighted by atomic mass is 9.96. The first-order chi connectivity index (χ1) is 10.3. The quantitative estimate of drug-likeness (QED) is 0.717. The highest BCUT2D eigenvalue weighted by atomic mass is 32.2. The third-order valence-electron chi connectivity index (χ3n) is 3.68. The van der Waals surface area contributed by atoms with Crippen LogP contribution in [0.1, 0.15) is 43.0 Å². The van der Waals surface area contributed by atoms with Crippen LogP contribution in [0.3, 0.4) is 0 Å². The Hall–Kier alpha value is -1.25. The van der Waals surface area contributed by atoms with Crippen molar-refractivity contribution in [2.45, 2.75) is 37.6 Å². The molecule has 0 radical (unpaired) electrons. The Kier molecular flexibility index (Phi) is 6.34. The van der Waals surface area contributed by atoms with Gasteiger partial charge < -0.3 is 5.32 Å². The van der Waals surface area contributed by atoms with Gasteiger partial charge in [0.15, 0.2) is 0 Å². The molecule has 1 atom stereocenters. The summed E-state index contributed by atoms with van der Waals surface area (Å²) in [6, 6.07) is 18.0. The average molecular weight is 299 g/mol. The molecule has 0 bridgehead atoms. The first kappa shape index (κ1) is 16.1. The third kappa shape index (κ3) is 4.12. The maximum absolute atomic E-state index is 3.65. The SMILES string of the molecule is CCCc1cccc(C(NCC)c2ccccc2SC)c1. The zero-order chi connectivity index (χ0) is 15.1. The van der Waals surface area contributed by atoms with Crippen LogP contribution in [0.2, 0.25) is 0 Å². The number of benzene rings is 2. The molecule has 21 heavy (non-hydrogen) atoms. The molecule has 0 spiro atoms. The Labute approximate surface area is 133 Å². The number of nitrogens with one attached hydrogen (secondary N) is 1. The molecule has 0 amide bonds. The Morgan fingerprint density at radius 1 is 1.05 bits per heavy atom. The van der Waals surface area contributed by atoms with Gasteiger partial charge in [-0.2, -0.15) is 0 Å². The standard InChI is InChI=1S/C19H25NS/c1-4-9-15-10-8-11-16(14-15)19(20-5-2)17-12-6-7-13-18(17)21-3/h6-8,10-14,19-20H,4-5,9H2,1-3H3. The molecule has 0 fully saturated rings. The summed E-state index contributed by atoms with van der Waals surface area (Å²) in [5.74, 6) is 0. The van der Waals surface area contributed by atoms with Crippen molar-refractivity contribution < 1.29 is 0 Å². The lowest BCUT2D eigenvalue weighted by molar-refractivity contribution is 0.621. The van der Waals surface area contributed by atoms with Crippen molar-refractivity contribution in [2.75, 3.05) is 12.8 Å². The molecule has 1 nitrogen and oxygen atoms in total. The maximum atomic E-state index is 3.65. The summed E-state index contributed by atoms with van der Waals surface area (Å²) in [4.78, 5) is 1.35. The molecule has 2 aromatic carbocycles. The van der Waals surface area contributed by atoms with Crippen molar-refractivity contribution in [3.8, 4) is 0 Å². The molecule has 2 heteroatoms. The van der Waals surface area contributed by atoms with Gasteiger partial charge in [0.1, 0.15) is 0 Å². The van der Waals surface area contributed by atoms with Gasteiger partial charge in [-0.25, -0.2) is 0 Å². The van der Waals surface area contributed by atoms with Gasteiger partial charge in [0.05, 0.1) is 6.04 Å². The van der Waals surface area contributed by atoms with Gasteiger partial charge in [0.25, 0.3) is 0 Å². The van der Waals surface area contributed by atoms with Gasteiger partial charge in [-0.3, -0.25) is 0 Å². The molecule has 0 aliphatic rings. The van der Waals surface area contributed by atoms with E-state index in [0.29, 0.717) is 0 Å². The summed E-state index contributed by atoms with van der Waals surface area (Å²) >= 11 is 1.82. The van der Waals surface area contributed by atoms with E-state index < -0.39 is 0 Å². The van der Waals surface area contributed by atoms with Crippen LogP contribution in [0.4, 0.5) is 0 Å². The van der Waals surface area contributed by atoms with Crippen LogP contribution in [0.5, 0.6) is 0 Å². The summed E-state index contributed by atoms with van der Waals surface area (Å²) in [6.45, 7) is 5.37. The maximum Gasteiger partial charge on any atom is 0.0587 e. The van der Waals surface area contributed by atoms with E-state index in [4.69, 9.17) is 0 Å². The first-order valence-corrected chi connectivity index (χ1v) is 8.97. The van der Waals surface area contributed by atoms with Gasteiger partial charge in [0, 0.05) is 4.90 Å². The minimum Gasteiger partial charge on any atom is -0.306 e. The predicted octanol–water partition coefficient (Wildman–Crippen LogP) is 5.06. The molecular formula is C19H25NS. The Morgan fingerprint density at radius 3 is 2.57 bits per heavy atom. The van der Waals surface area contributed by atoms with Crippen LogP contribution in [-0.2, 0) is 6.42 Å². The monoisotopic (exact) mass is 299 g/mol. The minimum absolute atomic E-state index is 0.274. The number of thioether (sulfide) groups is 1. The summed E-state index contributed by atoms with van der Waals surface area (Å²) in [7, 11) is 0. The van der Waals surface area contributed by atoms with E-state index in [1.54, 1.807) is 0 Å². The highest BCUT2D eigenvalue weighted by Gasteiger charge is 2.16. The van der Waals surface area contributed by atoms with Crippen molar-refractivity contribution in [3.63, 3.8) is 0 Å². The largest absolute Gasteiger partial charge is 0.306 e. The van der Waals surface area contributed by atoms with Crippen LogP contribution in [0.25, 0.3) is 0 Å². The fourth-order valence-corrected chi connectivity index (χ4v) is 3.37. The summed E-state index contributed by atoms with van der Waals surface area (Å²) in [5.41, 5.74) is 4.17. The van der Waals surface area contributed by atoms with Crippen LogP contribution < -0.4 is 5.32 Å². The average Bonchev–Trinajstić information content (AvgIpc) is 2.53. The van der Waals surface area contributed by atoms with Crippen LogP contribution in [0.15, 0.2) is 53.4 Å². The van der Waals surface area contributed by atoms with E-state index in [1.807, 2.05) is 11.8 Å². The van der Waals surface area contributed by atoms with Gasteiger partial charge in [-0.15, -0.1) is 11.8 Å². The zero-order valence-corrected chi connectivity index (χ0v) is 14.0. The minimum atomic E-state index is 0.274. The first-order valence-electron chi connectivity index (χ1n) is 7.75. The Morgan fingerprint density at radius 2 is 1.86 bits per heavy atom. The van der Waals surface area contributed by atoms with E-state index in [-0.39, 0.29) is 6.04 Å². The van der Waals surface area contributed by atoms with E-state index >= 15 is 0 Å². The van der Waals surface area contributed by atoms with Gasteiger partial charge in [-0.1, -0.05) is 62.7 Å². The van der Waals surface area contributed by atoms with Crippen molar-refractivity contribution in [1.82, 2.24) is 5.32 Å². The Bertz CT molecular complexity index is 565. The van der Waals surface area contributed by atoms with Crippen LogP contribution >= 0.6 is 11.8 Å². The van der Waals surface area contributed by atoms with Gasteiger partial charge >= 0.3 is 0 Å². The zero-order valence-electron chi connectivity index (χ0n) is 13.2. The molecule has 112 valence electrons. The van der Waals surface area contributed by atoms with Crippen molar-refractivity contribution in [1.29, 1.82) is 0 Å². The Balaban J connectivity index is 2.40. The van der Waals surface area contributed by atoms with E-state index in [1.165, 1.54) is 28.0 Å². The number of aryl methyl sites for hydroxylation is 1. The molecule has 2 aromatic rings. The molecule has 1 unspecified atom stereocenters. The van der Waals surface area contributed by atoms with Crippen LogP contribution in [0, 0.1) is 0 Å². The summed E-state index contributed by atoms with van der Waals surface area (Å²) in [5, 5.41) is 3.65. The molecule has 2 rings (SSSR count). The second-order valence-corrected chi connectivity index (χ2v) is 6.08. The van der Waals surface area contributed by atoms with Crippen LogP contribution in [-0.4, -0.2) is 12.8 Å². The summed E-state index contributed by atoms with van der Waals surface area (Å²) < 4.78 is 0. The van der Waals surface area contributed by atoms with Gasteiger partial charge in [0.2, 0.25) is 0 Å². The van der Waals surface area contributed by atoms with Crippen molar-refractivity contribution in [2.24, 2.45) is 0 Å². The second-order valence-electron chi connectivity index (χ2n) is 5.23. The molecule has 0 aromatic heterocycles. The molecule has 0 heterocycles. The summed E-state index contributed by atoms with van der Waals surface area (Å²) in [6.07, 6.45) is 4.49. The van der Waals surface area contributed by atoms with Gasteiger partial charge in [-0.05, 0) is 42.0 Å².